The third kappa shape index (κ3) is 3.45. The van der Waals surface area contributed by atoms with Gasteiger partial charge in [0.2, 0.25) is 10.1 Å². The Bertz CT molecular complexity index is 1360. The van der Waals surface area contributed by atoms with Gasteiger partial charge in [-0.1, -0.05) is 11.3 Å². The molecule has 4 aromatic heterocycles. The highest BCUT2D eigenvalue weighted by Gasteiger charge is 2.20. The Labute approximate surface area is 179 Å². The molecule has 3 N–H and O–H groups in total. The van der Waals surface area contributed by atoms with Gasteiger partial charge in [0.05, 0.1) is 23.9 Å². The topological polar surface area (TPSA) is 120 Å². The van der Waals surface area contributed by atoms with Crippen molar-refractivity contribution < 1.29 is 5.11 Å². The molecular weight excluding hydrogens is 420 g/mol. The number of hydrogen-bond donors (Lipinski definition) is 2. The second kappa shape index (κ2) is 7.43. The molecule has 0 aliphatic heterocycles. The van der Waals surface area contributed by atoms with Gasteiger partial charge in [0.25, 0.3) is 0 Å². The second-order valence-electron chi connectivity index (χ2n) is 6.97. The van der Waals surface area contributed by atoms with E-state index in [1.807, 2.05) is 37.8 Å². The average Bonchev–Trinajstić information content (AvgIpc) is 3.44. The van der Waals surface area contributed by atoms with Crippen molar-refractivity contribution >= 4 is 39.0 Å². The van der Waals surface area contributed by atoms with Gasteiger partial charge in [-0.05, 0) is 43.0 Å². The van der Waals surface area contributed by atoms with Crippen molar-refractivity contribution in [1.29, 1.82) is 0 Å². The van der Waals surface area contributed by atoms with Crippen LogP contribution in [0.2, 0.25) is 0 Å². The van der Waals surface area contributed by atoms with Crippen molar-refractivity contribution in [3.63, 3.8) is 0 Å². The smallest absolute Gasteiger partial charge is 0.235 e. The molecule has 0 aliphatic carbocycles. The maximum Gasteiger partial charge on any atom is 0.235 e. The number of pyridine rings is 1. The third-order valence-corrected chi connectivity index (χ3v) is 6.61. The predicted molar refractivity (Wildman–Crippen MR) is 115 cm³/mol. The van der Waals surface area contributed by atoms with Crippen molar-refractivity contribution in [3.8, 4) is 11.1 Å². The Morgan fingerprint density at radius 2 is 2.03 bits per heavy atom. The minimum absolute atomic E-state index is 0.549. The Hall–Kier alpha value is -2.86. The highest BCUT2D eigenvalue weighted by atomic mass is 32.2. The quantitative estimate of drug-likeness (QED) is 0.430. The molecular formula is C19H18N8OS2. The van der Waals surface area contributed by atoms with Crippen molar-refractivity contribution in [2.75, 3.05) is 0 Å². The van der Waals surface area contributed by atoms with Crippen LogP contribution in [0.5, 0.6) is 0 Å². The van der Waals surface area contributed by atoms with E-state index < -0.39 is 12.1 Å². The summed E-state index contributed by atoms with van der Waals surface area (Å²) in [6, 6.07) is 7.61. The number of rotatable bonds is 5. The van der Waals surface area contributed by atoms with Crippen molar-refractivity contribution in [2.45, 2.75) is 29.1 Å². The molecule has 30 heavy (non-hydrogen) atoms. The molecule has 152 valence electrons. The largest absolute Gasteiger partial charge is 0.391 e. The van der Waals surface area contributed by atoms with E-state index in [4.69, 9.17) is 5.73 Å². The van der Waals surface area contributed by atoms with E-state index in [1.165, 1.54) is 23.1 Å². The van der Waals surface area contributed by atoms with Crippen LogP contribution in [0, 0.1) is 0 Å². The molecule has 0 aliphatic rings. The molecule has 0 saturated carbocycles. The number of aliphatic hydroxyl groups is 1. The molecule has 0 saturated heterocycles. The molecule has 0 spiro atoms. The monoisotopic (exact) mass is 438 g/mol. The van der Waals surface area contributed by atoms with Crippen LogP contribution in [-0.2, 0) is 7.05 Å². The fourth-order valence-corrected chi connectivity index (χ4v) is 4.85. The number of nitrogens with zero attached hydrogens (tertiary/aromatic N) is 7. The number of hydrogen-bond acceptors (Lipinski definition) is 9. The van der Waals surface area contributed by atoms with Gasteiger partial charge in [-0.2, -0.15) is 14.7 Å². The average molecular weight is 439 g/mol. The first-order chi connectivity index (χ1) is 14.5. The zero-order valence-electron chi connectivity index (χ0n) is 16.2. The first-order valence-corrected chi connectivity index (χ1v) is 10.8. The zero-order valence-corrected chi connectivity index (χ0v) is 17.8. The van der Waals surface area contributed by atoms with E-state index in [0.717, 1.165) is 26.9 Å². The summed E-state index contributed by atoms with van der Waals surface area (Å²) < 4.78 is 3.44. The summed E-state index contributed by atoms with van der Waals surface area (Å²) in [5.74, 6) is 0. The number of aliphatic hydroxyl groups excluding tert-OH is 1. The van der Waals surface area contributed by atoms with E-state index in [2.05, 4.69) is 37.5 Å². The Balaban J connectivity index is 1.47. The summed E-state index contributed by atoms with van der Waals surface area (Å²) in [5.41, 5.74) is 8.95. The zero-order chi connectivity index (χ0) is 20.8. The molecule has 0 radical (unpaired) electrons. The number of nitrogens with two attached hydrogens (primary N) is 1. The lowest BCUT2D eigenvalue weighted by Gasteiger charge is -2.09. The standard InChI is InChI=1S/C19H18N8OS2/c1-10(28)16(20)17-25-27-18(23-24-19(27)30-17)29-14-3-4-15-11(6-14)5-12(7-21-15)13-8-22-26(2)9-13/h3-10,16,28H,20H2,1-2H3/t10-,16-/m1/s1. The summed E-state index contributed by atoms with van der Waals surface area (Å²) in [7, 11) is 1.89. The highest BCUT2D eigenvalue weighted by molar-refractivity contribution is 7.99. The van der Waals surface area contributed by atoms with Crippen LogP contribution in [0.1, 0.15) is 18.0 Å². The van der Waals surface area contributed by atoms with Crippen LogP contribution >= 0.6 is 23.1 Å². The molecule has 1 aromatic carbocycles. The number of fused-ring (bicyclic) bond motifs is 2. The van der Waals surface area contributed by atoms with Gasteiger partial charge in [-0.25, -0.2) is 0 Å². The Kier molecular flexibility index (Phi) is 4.74. The second-order valence-corrected chi connectivity index (χ2v) is 9.00. The lowest BCUT2D eigenvalue weighted by molar-refractivity contribution is 0.163. The molecule has 4 heterocycles. The molecule has 5 aromatic rings. The van der Waals surface area contributed by atoms with E-state index in [9.17, 15) is 5.11 Å². The maximum atomic E-state index is 9.73. The summed E-state index contributed by atoms with van der Waals surface area (Å²) >= 11 is 2.80. The van der Waals surface area contributed by atoms with Crippen LogP contribution in [0.15, 0.2) is 52.9 Å². The minimum atomic E-state index is -0.688. The fraction of sp³-hybridized carbons (Fsp3) is 0.211. The van der Waals surface area contributed by atoms with Gasteiger partial charge in [0.15, 0.2) is 0 Å². The summed E-state index contributed by atoms with van der Waals surface area (Å²) in [6.07, 6.45) is 4.96. The summed E-state index contributed by atoms with van der Waals surface area (Å²) in [5, 5.41) is 29.2. The molecule has 2 atom stereocenters. The van der Waals surface area contributed by atoms with Crippen LogP contribution in [-0.4, -0.2) is 45.8 Å². The van der Waals surface area contributed by atoms with E-state index >= 15 is 0 Å². The number of aryl methyl sites for hydroxylation is 1. The van der Waals surface area contributed by atoms with Gasteiger partial charge in [0.1, 0.15) is 5.01 Å². The van der Waals surface area contributed by atoms with Crippen LogP contribution < -0.4 is 5.73 Å². The normalized spacial score (nSPS) is 13.9. The molecule has 0 unspecified atom stereocenters. The Morgan fingerprint density at radius 1 is 1.17 bits per heavy atom. The van der Waals surface area contributed by atoms with Gasteiger partial charge >= 0.3 is 0 Å². The third-order valence-electron chi connectivity index (χ3n) is 4.68. The molecule has 0 amide bonds. The molecule has 0 fully saturated rings. The van der Waals surface area contributed by atoms with Gasteiger partial charge in [-0.3, -0.25) is 9.67 Å². The highest BCUT2D eigenvalue weighted by Crippen LogP contribution is 2.32. The summed E-state index contributed by atoms with van der Waals surface area (Å²) in [4.78, 5) is 6.21. The number of benzene rings is 1. The first-order valence-electron chi connectivity index (χ1n) is 9.20. The summed E-state index contributed by atoms with van der Waals surface area (Å²) in [6.45, 7) is 1.64. The number of aromatic nitrogens is 7. The van der Waals surface area contributed by atoms with Crippen LogP contribution in [0.25, 0.3) is 27.0 Å². The first kappa shape index (κ1) is 19.1. The molecule has 5 rings (SSSR count). The van der Waals surface area contributed by atoms with Gasteiger partial charge < -0.3 is 10.8 Å². The Morgan fingerprint density at radius 3 is 2.80 bits per heavy atom. The lowest BCUT2D eigenvalue weighted by atomic mass is 10.1. The molecule has 9 nitrogen and oxygen atoms in total. The molecule has 0 bridgehead atoms. The van der Waals surface area contributed by atoms with Gasteiger partial charge in [0, 0.05) is 40.8 Å². The van der Waals surface area contributed by atoms with E-state index in [0.29, 0.717) is 15.1 Å². The lowest BCUT2D eigenvalue weighted by Crippen LogP contribution is -2.23. The molecule has 11 heteroatoms. The van der Waals surface area contributed by atoms with Crippen molar-refractivity contribution in [2.24, 2.45) is 12.8 Å². The van der Waals surface area contributed by atoms with Crippen molar-refractivity contribution in [3.05, 3.63) is 47.9 Å². The minimum Gasteiger partial charge on any atom is -0.391 e. The van der Waals surface area contributed by atoms with Crippen LogP contribution in [0.3, 0.4) is 0 Å². The van der Waals surface area contributed by atoms with E-state index in [1.54, 1.807) is 16.1 Å². The van der Waals surface area contributed by atoms with Gasteiger partial charge in [-0.15, -0.1) is 10.2 Å². The predicted octanol–water partition coefficient (Wildman–Crippen LogP) is 2.67. The SMILES string of the molecule is C[C@@H](O)[C@@H](N)c1nn2c(Sc3ccc4ncc(-c5cnn(C)c5)cc4c3)nnc2s1. The van der Waals surface area contributed by atoms with Crippen molar-refractivity contribution in [1.82, 2.24) is 34.6 Å². The fourth-order valence-electron chi connectivity index (χ4n) is 3.03. The van der Waals surface area contributed by atoms with Crippen LogP contribution in [0.4, 0.5) is 0 Å². The maximum absolute atomic E-state index is 9.73. The van der Waals surface area contributed by atoms with E-state index in [-0.39, 0.29) is 0 Å².